The van der Waals surface area contributed by atoms with Crippen LogP contribution in [0.2, 0.25) is 0 Å². The maximum atomic E-state index is 5.88. The molecular formula is C17H19N3O. The molecule has 1 atom stereocenters. The Morgan fingerprint density at radius 1 is 1.05 bits per heavy atom. The molecule has 0 aliphatic carbocycles. The summed E-state index contributed by atoms with van der Waals surface area (Å²) in [7, 11) is 0. The van der Waals surface area contributed by atoms with Gasteiger partial charge in [-0.05, 0) is 31.0 Å². The lowest BCUT2D eigenvalue weighted by Crippen LogP contribution is -2.10. The summed E-state index contributed by atoms with van der Waals surface area (Å²) in [5.41, 5.74) is 3.22. The summed E-state index contributed by atoms with van der Waals surface area (Å²) in [6, 6.07) is 18.4. The zero-order chi connectivity index (χ0) is 14.5. The fourth-order valence-corrected chi connectivity index (χ4v) is 2.54. The Kier molecular flexibility index (Phi) is 4.26. The van der Waals surface area contributed by atoms with E-state index in [0.717, 1.165) is 24.0 Å². The molecule has 3 aromatic rings. The smallest absolute Gasteiger partial charge is 0.113 e. The maximum Gasteiger partial charge on any atom is 0.113 e. The van der Waals surface area contributed by atoms with E-state index in [0.29, 0.717) is 6.61 Å². The Bertz CT molecular complexity index is 693. The summed E-state index contributed by atoms with van der Waals surface area (Å²) < 4.78 is 7.83. The minimum absolute atomic E-state index is 0.0964. The molecule has 21 heavy (non-hydrogen) atoms. The predicted octanol–water partition coefficient (Wildman–Crippen LogP) is 3.60. The minimum Gasteiger partial charge on any atom is -0.374 e. The van der Waals surface area contributed by atoms with E-state index in [-0.39, 0.29) is 6.10 Å². The minimum atomic E-state index is 0.0964. The third-order valence-corrected chi connectivity index (χ3v) is 3.56. The van der Waals surface area contributed by atoms with Gasteiger partial charge in [0.1, 0.15) is 5.52 Å². The van der Waals surface area contributed by atoms with Crippen LogP contribution < -0.4 is 0 Å². The summed E-state index contributed by atoms with van der Waals surface area (Å²) in [4.78, 5) is 0. The Balaban J connectivity index is 1.75. The highest BCUT2D eigenvalue weighted by Gasteiger charge is 2.12. The molecule has 3 rings (SSSR count). The van der Waals surface area contributed by atoms with Crippen molar-refractivity contribution in [3.05, 3.63) is 60.2 Å². The van der Waals surface area contributed by atoms with Gasteiger partial charge in [0.25, 0.3) is 0 Å². The van der Waals surface area contributed by atoms with Crippen LogP contribution >= 0.6 is 0 Å². The fraction of sp³-hybridized carbons (Fsp3) is 0.294. The van der Waals surface area contributed by atoms with Crippen LogP contribution in [0.1, 0.15) is 25.0 Å². The van der Waals surface area contributed by atoms with Crippen molar-refractivity contribution >= 4 is 11.0 Å². The van der Waals surface area contributed by atoms with Gasteiger partial charge in [-0.2, -0.15) is 0 Å². The summed E-state index contributed by atoms with van der Waals surface area (Å²) in [5, 5.41) is 8.42. The van der Waals surface area contributed by atoms with Crippen LogP contribution in [-0.2, 0) is 11.3 Å². The molecule has 1 unspecified atom stereocenters. The molecule has 1 aromatic heterocycles. The molecule has 2 aromatic carbocycles. The Labute approximate surface area is 124 Å². The Morgan fingerprint density at radius 2 is 1.81 bits per heavy atom. The van der Waals surface area contributed by atoms with Crippen LogP contribution in [-0.4, -0.2) is 21.6 Å². The van der Waals surface area contributed by atoms with Crippen LogP contribution in [0.5, 0.6) is 0 Å². The van der Waals surface area contributed by atoms with E-state index in [1.54, 1.807) is 0 Å². The Morgan fingerprint density at radius 3 is 2.62 bits per heavy atom. The largest absolute Gasteiger partial charge is 0.374 e. The lowest BCUT2D eigenvalue weighted by Gasteiger charge is -2.17. The van der Waals surface area contributed by atoms with Crippen molar-refractivity contribution in [1.29, 1.82) is 0 Å². The van der Waals surface area contributed by atoms with Crippen molar-refractivity contribution in [2.45, 2.75) is 26.0 Å². The first kappa shape index (κ1) is 13.8. The summed E-state index contributed by atoms with van der Waals surface area (Å²) in [6.07, 6.45) is 0.977. The number of hydrogen-bond donors (Lipinski definition) is 0. The van der Waals surface area contributed by atoms with Crippen molar-refractivity contribution in [2.24, 2.45) is 0 Å². The van der Waals surface area contributed by atoms with Crippen LogP contribution in [0.25, 0.3) is 11.0 Å². The zero-order valence-corrected chi connectivity index (χ0v) is 12.1. The zero-order valence-electron chi connectivity index (χ0n) is 12.1. The quantitative estimate of drug-likeness (QED) is 0.693. The molecule has 0 bridgehead atoms. The van der Waals surface area contributed by atoms with Crippen LogP contribution in [0.15, 0.2) is 54.6 Å². The van der Waals surface area contributed by atoms with Gasteiger partial charge in [-0.15, -0.1) is 5.10 Å². The van der Waals surface area contributed by atoms with Gasteiger partial charge in [-0.1, -0.05) is 47.7 Å². The second kappa shape index (κ2) is 6.50. The molecule has 0 saturated carbocycles. The highest BCUT2D eigenvalue weighted by Crippen LogP contribution is 2.22. The monoisotopic (exact) mass is 281 g/mol. The summed E-state index contributed by atoms with van der Waals surface area (Å²) in [5.74, 6) is 0. The van der Waals surface area contributed by atoms with E-state index in [1.807, 2.05) is 54.1 Å². The highest BCUT2D eigenvalue weighted by molar-refractivity contribution is 5.73. The number of ether oxygens (including phenoxy) is 1. The third-order valence-electron chi connectivity index (χ3n) is 3.56. The van der Waals surface area contributed by atoms with Gasteiger partial charge in [-0.25, -0.2) is 4.68 Å². The van der Waals surface area contributed by atoms with E-state index in [2.05, 4.69) is 22.4 Å². The van der Waals surface area contributed by atoms with E-state index >= 15 is 0 Å². The van der Waals surface area contributed by atoms with Crippen LogP contribution in [0.4, 0.5) is 0 Å². The number of aromatic nitrogens is 3. The van der Waals surface area contributed by atoms with Crippen LogP contribution in [0, 0.1) is 0 Å². The third kappa shape index (κ3) is 3.11. The second-order valence-corrected chi connectivity index (χ2v) is 4.94. The first-order valence-electron chi connectivity index (χ1n) is 7.33. The molecule has 4 nitrogen and oxygen atoms in total. The molecule has 108 valence electrons. The average Bonchev–Trinajstić information content (AvgIpc) is 2.95. The second-order valence-electron chi connectivity index (χ2n) is 4.94. The SMILES string of the molecule is CCOC(CCn1nnc2ccccc21)c1ccccc1. The molecular weight excluding hydrogens is 262 g/mol. The Hall–Kier alpha value is -2.20. The predicted molar refractivity (Wildman–Crippen MR) is 83.0 cm³/mol. The van der Waals surface area contributed by atoms with E-state index < -0.39 is 0 Å². The maximum absolute atomic E-state index is 5.88. The van der Waals surface area contributed by atoms with Gasteiger partial charge in [0.2, 0.25) is 0 Å². The van der Waals surface area contributed by atoms with E-state index in [4.69, 9.17) is 4.74 Å². The van der Waals surface area contributed by atoms with Crippen molar-refractivity contribution in [3.8, 4) is 0 Å². The van der Waals surface area contributed by atoms with Crippen molar-refractivity contribution in [3.63, 3.8) is 0 Å². The molecule has 0 aliphatic rings. The van der Waals surface area contributed by atoms with Gasteiger partial charge < -0.3 is 4.74 Å². The van der Waals surface area contributed by atoms with Gasteiger partial charge >= 0.3 is 0 Å². The number of hydrogen-bond acceptors (Lipinski definition) is 3. The topological polar surface area (TPSA) is 39.9 Å². The van der Waals surface area contributed by atoms with E-state index in [1.165, 1.54) is 5.56 Å². The first-order valence-corrected chi connectivity index (χ1v) is 7.33. The standard InChI is InChI=1S/C17H19N3O/c1-2-21-17(14-8-4-3-5-9-14)12-13-20-16-11-7-6-10-15(16)18-19-20/h3-11,17H,2,12-13H2,1H3. The molecule has 0 amide bonds. The van der Waals surface area contributed by atoms with Gasteiger partial charge in [-0.3, -0.25) is 0 Å². The summed E-state index contributed by atoms with van der Waals surface area (Å²) in [6.45, 7) is 3.53. The number of para-hydroxylation sites is 1. The number of rotatable bonds is 6. The van der Waals surface area contributed by atoms with E-state index in [9.17, 15) is 0 Å². The molecule has 0 radical (unpaired) electrons. The normalized spacial score (nSPS) is 12.6. The van der Waals surface area contributed by atoms with Crippen molar-refractivity contribution < 1.29 is 4.74 Å². The molecule has 0 saturated heterocycles. The lowest BCUT2D eigenvalue weighted by molar-refractivity contribution is 0.0524. The molecule has 0 N–H and O–H groups in total. The molecule has 0 spiro atoms. The average molecular weight is 281 g/mol. The van der Waals surface area contributed by atoms with Crippen molar-refractivity contribution in [1.82, 2.24) is 15.0 Å². The lowest BCUT2D eigenvalue weighted by atomic mass is 10.1. The molecule has 1 heterocycles. The number of nitrogens with zero attached hydrogens (tertiary/aromatic N) is 3. The number of aryl methyl sites for hydroxylation is 1. The first-order chi connectivity index (χ1) is 10.4. The fourth-order valence-electron chi connectivity index (χ4n) is 2.54. The summed E-state index contributed by atoms with van der Waals surface area (Å²) >= 11 is 0. The van der Waals surface area contributed by atoms with Crippen molar-refractivity contribution in [2.75, 3.05) is 6.61 Å². The molecule has 0 fully saturated rings. The molecule has 0 aliphatic heterocycles. The van der Waals surface area contributed by atoms with Gasteiger partial charge in [0.15, 0.2) is 0 Å². The highest BCUT2D eigenvalue weighted by atomic mass is 16.5. The van der Waals surface area contributed by atoms with Gasteiger partial charge in [0, 0.05) is 13.2 Å². The molecule has 4 heteroatoms. The number of fused-ring (bicyclic) bond motifs is 1. The van der Waals surface area contributed by atoms with Crippen LogP contribution in [0.3, 0.4) is 0 Å². The number of benzene rings is 2. The van der Waals surface area contributed by atoms with Gasteiger partial charge in [0.05, 0.1) is 11.6 Å².